The van der Waals surface area contributed by atoms with Gasteiger partial charge in [0.1, 0.15) is 0 Å². The molecule has 0 unspecified atom stereocenters. The van der Waals surface area contributed by atoms with E-state index in [2.05, 4.69) is 103 Å². The van der Waals surface area contributed by atoms with Crippen LogP contribution in [-0.2, 0) is 23.5 Å². The number of benzene rings is 5. The van der Waals surface area contributed by atoms with Crippen molar-refractivity contribution in [3.8, 4) is 11.1 Å². The van der Waals surface area contributed by atoms with Gasteiger partial charge < -0.3 is 4.52 Å². The standard InChI is InChI=1S/C29H23OP/c1-2-8-21(9-3-1)18-30-31-19-24-16-14-22-10-4-6-12-26(22)28(24)29-25(20-31)17-15-23-11-5-7-13-27(23)29/h1-17H,18-20H2. The SMILES string of the molecule is c1ccc(COP2Cc3ccc4ccccc4c3-c3c(ccc4ccccc34)C2)cc1. The van der Waals surface area contributed by atoms with Gasteiger partial charge >= 0.3 is 0 Å². The van der Waals surface area contributed by atoms with Crippen molar-refractivity contribution in [3.05, 3.63) is 120 Å². The average molecular weight is 418 g/mol. The normalized spacial score (nSPS) is 13.7. The number of fused-ring (bicyclic) bond motifs is 7. The molecular formula is C29H23OP. The van der Waals surface area contributed by atoms with Crippen molar-refractivity contribution in [1.29, 1.82) is 0 Å². The highest BCUT2D eigenvalue weighted by molar-refractivity contribution is 7.50. The second kappa shape index (κ2) is 7.93. The molecular weight excluding hydrogens is 395 g/mol. The van der Waals surface area contributed by atoms with Crippen LogP contribution in [-0.4, -0.2) is 0 Å². The molecule has 1 aliphatic heterocycles. The van der Waals surface area contributed by atoms with Crippen LogP contribution < -0.4 is 0 Å². The second-order valence-electron chi connectivity index (χ2n) is 8.20. The molecule has 0 saturated carbocycles. The fourth-order valence-corrected chi connectivity index (χ4v) is 6.67. The van der Waals surface area contributed by atoms with Crippen molar-refractivity contribution in [2.45, 2.75) is 18.9 Å². The van der Waals surface area contributed by atoms with E-state index in [0.717, 1.165) is 12.3 Å². The second-order valence-corrected chi connectivity index (χ2v) is 10.1. The highest BCUT2D eigenvalue weighted by Crippen LogP contribution is 2.53. The molecule has 0 fully saturated rings. The van der Waals surface area contributed by atoms with Gasteiger partial charge in [0.25, 0.3) is 0 Å². The first kappa shape index (κ1) is 18.8. The maximum Gasteiger partial charge on any atom is 0.0760 e. The Morgan fingerprint density at radius 3 is 1.65 bits per heavy atom. The summed E-state index contributed by atoms with van der Waals surface area (Å²) in [5, 5.41) is 5.29. The first-order valence-electron chi connectivity index (χ1n) is 10.8. The minimum Gasteiger partial charge on any atom is -0.354 e. The molecule has 0 atom stereocenters. The number of hydrogen-bond acceptors (Lipinski definition) is 1. The average Bonchev–Trinajstić information content (AvgIpc) is 3.00. The largest absolute Gasteiger partial charge is 0.354 e. The zero-order valence-corrected chi connectivity index (χ0v) is 18.2. The van der Waals surface area contributed by atoms with Gasteiger partial charge in [-0.05, 0) is 49.4 Å². The van der Waals surface area contributed by atoms with Crippen LogP contribution in [0.15, 0.2) is 103 Å². The predicted molar refractivity (Wildman–Crippen MR) is 132 cm³/mol. The lowest BCUT2D eigenvalue weighted by atomic mass is 9.88. The van der Waals surface area contributed by atoms with E-state index < -0.39 is 8.15 Å². The van der Waals surface area contributed by atoms with Crippen molar-refractivity contribution >= 4 is 29.7 Å². The number of rotatable bonds is 3. The van der Waals surface area contributed by atoms with Crippen LogP contribution in [0.5, 0.6) is 0 Å². The van der Waals surface area contributed by atoms with Gasteiger partial charge in [-0.15, -0.1) is 0 Å². The molecule has 0 bridgehead atoms. The van der Waals surface area contributed by atoms with E-state index in [-0.39, 0.29) is 0 Å². The van der Waals surface area contributed by atoms with Crippen molar-refractivity contribution in [3.63, 3.8) is 0 Å². The quantitative estimate of drug-likeness (QED) is 0.268. The summed E-state index contributed by atoms with van der Waals surface area (Å²) in [7, 11) is -0.606. The molecule has 5 aromatic carbocycles. The molecule has 2 heteroatoms. The van der Waals surface area contributed by atoms with Gasteiger partial charge in [-0.1, -0.05) is 103 Å². The summed E-state index contributed by atoms with van der Waals surface area (Å²) in [6, 6.07) is 37.3. The highest BCUT2D eigenvalue weighted by Gasteiger charge is 2.25. The lowest BCUT2D eigenvalue weighted by Crippen LogP contribution is -1.93. The fraction of sp³-hybridized carbons (Fsp3) is 0.103. The maximum atomic E-state index is 6.55. The molecule has 0 saturated heterocycles. The molecule has 6 rings (SSSR count). The predicted octanol–water partition coefficient (Wildman–Crippen LogP) is 8.29. The van der Waals surface area contributed by atoms with E-state index in [1.807, 2.05) is 0 Å². The van der Waals surface area contributed by atoms with Gasteiger partial charge in [0.15, 0.2) is 0 Å². The number of hydrogen-bond donors (Lipinski definition) is 0. The van der Waals surface area contributed by atoms with Gasteiger partial charge in [0, 0.05) is 20.5 Å². The topological polar surface area (TPSA) is 9.23 Å². The summed E-state index contributed by atoms with van der Waals surface area (Å²) < 4.78 is 6.55. The molecule has 5 aromatic rings. The highest BCUT2D eigenvalue weighted by atomic mass is 31.1. The molecule has 1 aliphatic rings. The van der Waals surface area contributed by atoms with Gasteiger partial charge in [0.2, 0.25) is 0 Å². The van der Waals surface area contributed by atoms with Crippen LogP contribution in [0.4, 0.5) is 0 Å². The van der Waals surface area contributed by atoms with Gasteiger partial charge in [-0.2, -0.15) is 0 Å². The first-order valence-corrected chi connectivity index (χ1v) is 12.4. The molecule has 31 heavy (non-hydrogen) atoms. The third-order valence-electron chi connectivity index (χ3n) is 6.23. The Balaban J connectivity index is 1.53. The summed E-state index contributed by atoms with van der Waals surface area (Å²) in [4.78, 5) is 0. The maximum absolute atomic E-state index is 6.55. The van der Waals surface area contributed by atoms with E-state index in [1.54, 1.807) is 0 Å². The van der Waals surface area contributed by atoms with E-state index in [4.69, 9.17) is 4.52 Å². The Bertz CT molecular complexity index is 1300. The van der Waals surface area contributed by atoms with Gasteiger partial charge in [-0.25, -0.2) is 0 Å². The Morgan fingerprint density at radius 2 is 1.06 bits per heavy atom. The van der Waals surface area contributed by atoms with E-state index in [0.29, 0.717) is 6.61 Å². The van der Waals surface area contributed by atoms with E-state index >= 15 is 0 Å². The molecule has 0 N–H and O–H groups in total. The van der Waals surface area contributed by atoms with Gasteiger partial charge in [0.05, 0.1) is 6.61 Å². The van der Waals surface area contributed by atoms with Crippen LogP contribution >= 0.6 is 8.15 Å². The van der Waals surface area contributed by atoms with E-state index in [1.165, 1.54) is 49.4 Å². The van der Waals surface area contributed by atoms with Crippen LogP contribution in [0, 0.1) is 0 Å². The molecule has 0 aromatic heterocycles. The van der Waals surface area contributed by atoms with Crippen LogP contribution in [0.25, 0.3) is 32.7 Å². The minimum absolute atomic E-state index is 0.606. The molecule has 1 nitrogen and oxygen atoms in total. The molecule has 0 aliphatic carbocycles. The summed E-state index contributed by atoms with van der Waals surface area (Å²) in [6.07, 6.45) is 1.98. The minimum atomic E-state index is -0.606. The summed E-state index contributed by atoms with van der Waals surface area (Å²) in [5.74, 6) is 0. The zero-order chi connectivity index (χ0) is 20.6. The van der Waals surface area contributed by atoms with Gasteiger partial charge in [-0.3, -0.25) is 0 Å². The van der Waals surface area contributed by atoms with Crippen molar-refractivity contribution in [2.24, 2.45) is 0 Å². The summed E-state index contributed by atoms with van der Waals surface area (Å²) >= 11 is 0. The third-order valence-corrected chi connectivity index (χ3v) is 8.11. The Kier molecular flexibility index (Phi) is 4.80. The van der Waals surface area contributed by atoms with Crippen molar-refractivity contribution in [1.82, 2.24) is 0 Å². The third kappa shape index (κ3) is 3.45. The van der Waals surface area contributed by atoms with E-state index in [9.17, 15) is 0 Å². The Morgan fingerprint density at radius 1 is 0.548 bits per heavy atom. The Hall–Kier alpha value is -2.99. The zero-order valence-electron chi connectivity index (χ0n) is 17.3. The smallest absolute Gasteiger partial charge is 0.0760 e. The fourth-order valence-electron chi connectivity index (χ4n) is 4.75. The van der Waals surface area contributed by atoms with Crippen molar-refractivity contribution < 1.29 is 4.52 Å². The molecule has 1 heterocycles. The molecule has 0 amide bonds. The van der Waals surface area contributed by atoms with Crippen LogP contribution in [0.1, 0.15) is 16.7 Å². The Labute approximate surface area is 184 Å². The van der Waals surface area contributed by atoms with Crippen LogP contribution in [0.3, 0.4) is 0 Å². The van der Waals surface area contributed by atoms with Crippen LogP contribution in [0.2, 0.25) is 0 Å². The molecule has 0 radical (unpaired) electrons. The monoisotopic (exact) mass is 418 g/mol. The lowest BCUT2D eigenvalue weighted by molar-refractivity contribution is 0.340. The summed E-state index contributed by atoms with van der Waals surface area (Å²) in [5.41, 5.74) is 6.86. The molecule has 0 spiro atoms. The van der Waals surface area contributed by atoms with Crippen molar-refractivity contribution in [2.75, 3.05) is 0 Å². The lowest BCUT2D eigenvalue weighted by Gasteiger charge is -2.17. The first-order chi connectivity index (χ1) is 15.4. The molecule has 150 valence electrons. The summed E-state index contributed by atoms with van der Waals surface area (Å²) in [6.45, 7) is 0.679.